The van der Waals surface area contributed by atoms with Gasteiger partial charge in [-0.1, -0.05) is 36.8 Å². The quantitative estimate of drug-likeness (QED) is 0.844. The molecule has 0 fully saturated rings. The van der Waals surface area contributed by atoms with Crippen LogP contribution in [0.2, 0.25) is 0 Å². The smallest absolute Gasteiger partial charge is 0.0671 e. The van der Waals surface area contributed by atoms with Crippen molar-refractivity contribution in [3.8, 4) is 0 Å². The molecule has 1 aliphatic rings. The lowest BCUT2D eigenvalue weighted by atomic mass is 10.0. The van der Waals surface area contributed by atoms with Crippen LogP contribution in [-0.2, 0) is 12.8 Å². The van der Waals surface area contributed by atoms with Gasteiger partial charge in [-0.3, -0.25) is 0 Å². The lowest BCUT2D eigenvalue weighted by Gasteiger charge is -2.18. The second-order valence-electron chi connectivity index (χ2n) is 5.75. The maximum atomic E-state index is 3.72. The second-order valence-corrected chi connectivity index (χ2v) is 6.92. The molecule has 1 unspecified atom stereocenters. The molecular formula is C18H23NS. The maximum Gasteiger partial charge on any atom is 0.0671 e. The molecule has 0 radical (unpaired) electrons. The highest BCUT2D eigenvalue weighted by Gasteiger charge is 2.20. The highest BCUT2D eigenvalue weighted by atomic mass is 32.1. The molecular weight excluding hydrogens is 262 g/mol. The molecule has 0 aliphatic heterocycles. The standard InChI is InChI=1S/C18H23NS/c1-3-11-19-18(14-9-7-13(2)8-10-14)17-12-15-5-4-6-16(15)20-17/h7-10,12,18-19H,3-6,11H2,1-2H3. The van der Waals surface area contributed by atoms with E-state index in [0.717, 1.165) is 6.54 Å². The van der Waals surface area contributed by atoms with Gasteiger partial charge in [0.2, 0.25) is 0 Å². The van der Waals surface area contributed by atoms with Gasteiger partial charge in [0.15, 0.2) is 0 Å². The summed E-state index contributed by atoms with van der Waals surface area (Å²) in [5, 5.41) is 3.72. The Labute approximate surface area is 126 Å². The van der Waals surface area contributed by atoms with Crippen LogP contribution in [-0.4, -0.2) is 6.54 Å². The number of nitrogens with one attached hydrogen (secondary N) is 1. The molecule has 1 N–H and O–H groups in total. The van der Waals surface area contributed by atoms with E-state index in [2.05, 4.69) is 49.5 Å². The number of aryl methyl sites for hydroxylation is 3. The first-order valence-corrected chi connectivity index (χ1v) is 8.51. The fourth-order valence-electron chi connectivity index (χ4n) is 2.92. The fraction of sp³-hybridized carbons (Fsp3) is 0.444. The Bertz CT molecular complexity index is 546. The van der Waals surface area contributed by atoms with Crippen molar-refractivity contribution >= 4 is 11.3 Å². The molecule has 1 nitrogen and oxygen atoms in total. The minimum atomic E-state index is 0.367. The summed E-state index contributed by atoms with van der Waals surface area (Å²) in [7, 11) is 0. The maximum absolute atomic E-state index is 3.72. The topological polar surface area (TPSA) is 12.0 Å². The van der Waals surface area contributed by atoms with Crippen LogP contribution in [0.15, 0.2) is 30.3 Å². The molecule has 0 saturated carbocycles. The Kier molecular flexibility index (Phi) is 4.23. The van der Waals surface area contributed by atoms with Gasteiger partial charge in [0.05, 0.1) is 6.04 Å². The predicted octanol–water partition coefficient (Wildman–Crippen LogP) is 4.63. The van der Waals surface area contributed by atoms with Gasteiger partial charge in [0.1, 0.15) is 0 Å². The minimum absolute atomic E-state index is 0.367. The van der Waals surface area contributed by atoms with Gasteiger partial charge in [-0.05, 0) is 56.3 Å². The number of hydrogen-bond donors (Lipinski definition) is 1. The summed E-state index contributed by atoms with van der Waals surface area (Å²) in [5.41, 5.74) is 4.32. The summed E-state index contributed by atoms with van der Waals surface area (Å²) in [6.45, 7) is 5.45. The Morgan fingerprint density at radius 1 is 1.20 bits per heavy atom. The lowest BCUT2D eigenvalue weighted by molar-refractivity contribution is 0.605. The lowest BCUT2D eigenvalue weighted by Crippen LogP contribution is -2.22. The third-order valence-electron chi connectivity index (χ3n) is 4.06. The SMILES string of the molecule is CCCNC(c1ccc(C)cc1)c1cc2c(s1)CCC2. The van der Waals surface area contributed by atoms with E-state index in [1.807, 2.05) is 11.3 Å². The highest BCUT2D eigenvalue weighted by Crippen LogP contribution is 2.36. The summed E-state index contributed by atoms with van der Waals surface area (Å²) in [4.78, 5) is 3.11. The third kappa shape index (κ3) is 2.82. The molecule has 3 rings (SSSR count). The van der Waals surface area contributed by atoms with Crippen LogP contribution >= 0.6 is 11.3 Å². The Balaban J connectivity index is 1.90. The van der Waals surface area contributed by atoms with E-state index < -0.39 is 0 Å². The van der Waals surface area contributed by atoms with Crippen LogP contribution in [0.3, 0.4) is 0 Å². The van der Waals surface area contributed by atoms with Gasteiger partial charge in [0, 0.05) is 9.75 Å². The number of rotatable bonds is 5. The summed E-state index contributed by atoms with van der Waals surface area (Å²) >= 11 is 2.02. The highest BCUT2D eigenvalue weighted by molar-refractivity contribution is 7.12. The summed E-state index contributed by atoms with van der Waals surface area (Å²) in [6.07, 6.45) is 5.08. The van der Waals surface area contributed by atoms with E-state index in [0.29, 0.717) is 6.04 Å². The normalized spacial score (nSPS) is 15.3. The molecule has 1 heterocycles. The van der Waals surface area contributed by atoms with Crippen molar-refractivity contribution in [1.82, 2.24) is 5.32 Å². The summed E-state index contributed by atoms with van der Waals surface area (Å²) in [5.74, 6) is 0. The summed E-state index contributed by atoms with van der Waals surface area (Å²) < 4.78 is 0. The largest absolute Gasteiger partial charge is 0.306 e. The van der Waals surface area contributed by atoms with Crippen molar-refractivity contribution in [3.63, 3.8) is 0 Å². The molecule has 1 atom stereocenters. The van der Waals surface area contributed by atoms with Crippen LogP contribution in [0.25, 0.3) is 0 Å². The second kappa shape index (κ2) is 6.11. The molecule has 0 saturated heterocycles. The molecule has 106 valence electrons. The van der Waals surface area contributed by atoms with Crippen molar-refractivity contribution in [1.29, 1.82) is 0 Å². The van der Waals surface area contributed by atoms with Crippen molar-refractivity contribution in [2.75, 3.05) is 6.54 Å². The van der Waals surface area contributed by atoms with Gasteiger partial charge in [-0.15, -0.1) is 11.3 Å². The fourth-order valence-corrected chi connectivity index (χ4v) is 4.29. The molecule has 2 heteroatoms. The molecule has 1 aliphatic carbocycles. The first-order valence-electron chi connectivity index (χ1n) is 7.69. The number of fused-ring (bicyclic) bond motifs is 1. The van der Waals surface area contributed by atoms with Gasteiger partial charge in [-0.2, -0.15) is 0 Å². The Morgan fingerprint density at radius 2 is 2.00 bits per heavy atom. The van der Waals surface area contributed by atoms with Crippen molar-refractivity contribution < 1.29 is 0 Å². The van der Waals surface area contributed by atoms with Crippen LogP contribution in [0, 0.1) is 6.92 Å². The summed E-state index contributed by atoms with van der Waals surface area (Å²) in [6, 6.07) is 11.8. The number of thiophene rings is 1. The first-order chi connectivity index (χ1) is 9.78. The van der Waals surface area contributed by atoms with Crippen molar-refractivity contribution in [2.24, 2.45) is 0 Å². The van der Waals surface area contributed by atoms with Crippen molar-refractivity contribution in [2.45, 2.75) is 45.6 Å². The Hall–Kier alpha value is -1.12. The van der Waals surface area contributed by atoms with E-state index in [1.165, 1.54) is 41.7 Å². The van der Waals surface area contributed by atoms with E-state index >= 15 is 0 Å². The Morgan fingerprint density at radius 3 is 2.70 bits per heavy atom. The molecule has 1 aromatic carbocycles. The van der Waals surface area contributed by atoms with Gasteiger partial charge < -0.3 is 5.32 Å². The molecule has 20 heavy (non-hydrogen) atoms. The molecule has 1 aromatic heterocycles. The van der Waals surface area contributed by atoms with Crippen molar-refractivity contribution in [3.05, 3.63) is 56.8 Å². The molecule has 0 bridgehead atoms. The minimum Gasteiger partial charge on any atom is -0.306 e. The van der Waals surface area contributed by atoms with Crippen LogP contribution in [0.5, 0.6) is 0 Å². The van der Waals surface area contributed by atoms with Crippen LogP contribution < -0.4 is 5.32 Å². The molecule has 2 aromatic rings. The first kappa shape index (κ1) is 13.8. The van der Waals surface area contributed by atoms with E-state index in [4.69, 9.17) is 0 Å². The van der Waals surface area contributed by atoms with Crippen LogP contribution in [0.1, 0.15) is 52.3 Å². The average Bonchev–Trinajstić information content (AvgIpc) is 3.02. The zero-order valence-corrected chi connectivity index (χ0v) is 13.2. The van der Waals surface area contributed by atoms with E-state index in [1.54, 1.807) is 10.4 Å². The van der Waals surface area contributed by atoms with Crippen LogP contribution in [0.4, 0.5) is 0 Å². The van der Waals surface area contributed by atoms with E-state index in [-0.39, 0.29) is 0 Å². The van der Waals surface area contributed by atoms with Gasteiger partial charge >= 0.3 is 0 Å². The zero-order valence-electron chi connectivity index (χ0n) is 12.4. The zero-order chi connectivity index (χ0) is 13.9. The third-order valence-corrected chi connectivity index (χ3v) is 5.36. The molecule has 0 spiro atoms. The number of benzene rings is 1. The van der Waals surface area contributed by atoms with Gasteiger partial charge in [-0.25, -0.2) is 0 Å². The van der Waals surface area contributed by atoms with Gasteiger partial charge in [0.25, 0.3) is 0 Å². The van der Waals surface area contributed by atoms with E-state index in [9.17, 15) is 0 Å². The molecule has 0 amide bonds. The number of hydrogen-bond acceptors (Lipinski definition) is 2. The average molecular weight is 285 g/mol. The predicted molar refractivity (Wildman–Crippen MR) is 87.7 cm³/mol. The monoisotopic (exact) mass is 285 g/mol.